The molecule has 53 heavy (non-hydrogen) atoms. The molecule has 0 saturated carbocycles. The summed E-state index contributed by atoms with van der Waals surface area (Å²) in [6, 6.07) is 48.4. The van der Waals surface area contributed by atoms with Crippen molar-refractivity contribution in [1.29, 1.82) is 0 Å². The second-order valence-corrected chi connectivity index (χ2v) is 25.7. The molecule has 7 heteroatoms. The van der Waals surface area contributed by atoms with Crippen LogP contribution >= 0.6 is 0 Å². The standard InChI is InChI=1S/2C23H23OSi.2ClH.Zr/c2*1-16-8-13-23(24-16)19-14-18-6-5-7-21(22(18)15-19)17-9-11-20(12-10-17)25(2,3)4;;;/h2*5-15H,1-4H3;2*1H;/q2*-1;;;+4/p-2. The molecular formula is C46H46Cl2O2Si2Zr. The topological polar surface area (TPSA) is 26.3 Å². The summed E-state index contributed by atoms with van der Waals surface area (Å²) < 4.78 is 11.6. The van der Waals surface area contributed by atoms with Gasteiger partial charge in [0, 0.05) is 0 Å². The quantitative estimate of drug-likeness (QED) is 0.138. The van der Waals surface area contributed by atoms with Crippen LogP contribution in [0.3, 0.4) is 0 Å². The fourth-order valence-corrected chi connectivity index (χ4v) is 9.07. The van der Waals surface area contributed by atoms with Crippen LogP contribution in [0.25, 0.3) is 66.4 Å². The molecule has 0 radical (unpaired) electrons. The van der Waals surface area contributed by atoms with E-state index < -0.39 is 16.1 Å². The molecule has 6 aromatic carbocycles. The third-order valence-electron chi connectivity index (χ3n) is 9.68. The van der Waals surface area contributed by atoms with E-state index in [1.165, 1.54) is 54.2 Å². The van der Waals surface area contributed by atoms with Crippen molar-refractivity contribution in [2.75, 3.05) is 0 Å². The minimum atomic E-state index is -1.26. The molecule has 268 valence electrons. The van der Waals surface area contributed by atoms with Crippen LogP contribution in [-0.4, -0.2) is 16.1 Å². The molecule has 0 amide bonds. The van der Waals surface area contributed by atoms with E-state index in [0.29, 0.717) is 0 Å². The van der Waals surface area contributed by atoms with Gasteiger partial charge in [-0.05, 0) is 49.2 Å². The van der Waals surface area contributed by atoms with Crippen molar-refractivity contribution < 1.29 is 59.9 Å². The summed E-state index contributed by atoms with van der Waals surface area (Å²) in [6.07, 6.45) is 0. The fraction of sp³-hybridized carbons (Fsp3) is 0.174. The zero-order chi connectivity index (χ0) is 35.2. The van der Waals surface area contributed by atoms with Crippen LogP contribution in [0.15, 0.2) is 142 Å². The average molecular weight is 849 g/mol. The second-order valence-electron chi connectivity index (χ2n) is 15.6. The van der Waals surface area contributed by atoms with Crippen molar-refractivity contribution >= 4 is 48.1 Å². The SMILES string of the molecule is Cc1ccc(-c2cc3c(-c4ccc([Si](C)(C)C)cc4)cccc3[cH-]2)o1.Cc1ccc(-c2cc3c(-c4ccc([Si](C)(C)C)cc4)cccc3[cH-]2)o1.[Cl-].[Cl-].[Zr+4]. The third-order valence-corrected chi connectivity index (χ3v) is 13.8. The molecule has 8 rings (SSSR count). The van der Waals surface area contributed by atoms with Crippen molar-refractivity contribution in [3.63, 3.8) is 0 Å². The average Bonchev–Trinajstić information content (AvgIpc) is 3.90. The Labute approximate surface area is 348 Å². The van der Waals surface area contributed by atoms with E-state index in [4.69, 9.17) is 8.83 Å². The van der Waals surface area contributed by atoms with Gasteiger partial charge in [-0.1, -0.05) is 145 Å². The number of halogens is 2. The van der Waals surface area contributed by atoms with Crippen LogP contribution in [0.1, 0.15) is 11.5 Å². The smallest absolute Gasteiger partial charge is 1.00 e. The summed E-state index contributed by atoms with van der Waals surface area (Å²) >= 11 is 0. The minimum Gasteiger partial charge on any atom is -1.00 e. The minimum absolute atomic E-state index is 0. The van der Waals surface area contributed by atoms with Crippen LogP contribution in [0, 0.1) is 13.8 Å². The molecule has 2 aromatic heterocycles. The molecule has 2 nitrogen and oxygen atoms in total. The molecule has 0 spiro atoms. The summed E-state index contributed by atoms with van der Waals surface area (Å²) in [5.74, 6) is 3.77. The van der Waals surface area contributed by atoms with Gasteiger partial charge in [0.05, 0.1) is 39.2 Å². The first kappa shape index (κ1) is 42.3. The summed E-state index contributed by atoms with van der Waals surface area (Å²) in [7, 11) is -2.52. The van der Waals surface area contributed by atoms with Gasteiger partial charge in [0.15, 0.2) is 0 Å². The van der Waals surface area contributed by atoms with Gasteiger partial charge in [-0.2, -0.15) is 0 Å². The number of hydrogen-bond acceptors (Lipinski definition) is 2. The third kappa shape index (κ3) is 9.27. The van der Waals surface area contributed by atoms with Gasteiger partial charge in [-0.15, -0.1) is 57.9 Å². The van der Waals surface area contributed by atoms with Crippen molar-refractivity contribution in [3.05, 3.63) is 145 Å². The van der Waals surface area contributed by atoms with Gasteiger partial charge in [0.2, 0.25) is 0 Å². The molecular weight excluding hydrogens is 803 g/mol. The van der Waals surface area contributed by atoms with Gasteiger partial charge >= 0.3 is 26.2 Å². The molecule has 0 aliphatic rings. The van der Waals surface area contributed by atoms with E-state index in [9.17, 15) is 0 Å². The van der Waals surface area contributed by atoms with E-state index in [2.05, 4.69) is 148 Å². The normalized spacial score (nSPS) is 11.3. The number of benzene rings is 4. The summed E-state index contributed by atoms with van der Waals surface area (Å²) in [5.41, 5.74) is 7.42. The number of rotatable bonds is 6. The van der Waals surface area contributed by atoms with Gasteiger partial charge in [-0.3, -0.25) is 0 Å². The first-order valence-corrected chi connectivity index (χ1v) is 24.6. The zero-order valence-corrected chi connectivity index (χ0v) is 37.7. The Hall–Kier alpha value is -3.44. The van der Waals surface area contributed by atoms with E-state index in [1.807, 2.05) is 38.1 Å². The van der Waals surface area contributed by atoms with E-state index in [1.54, 1.807) is 0 Å². The predicted molar refractivity (Wildman–Crippen MR) is 221 cm³/mol. The van der Waals surface area contributed by atoms with Crippen LogP contribution in [-0.2, 0) is 26.2 Å². The first-order valence-electron chi connectivity index (χ1n) is 17.6. The maximum absolute atomic E-state index is 5.80. The van der Waals surface area contributed by atoms with Crippen molar-refractivity contribution in [3.8, 4) is 44.9 Å². The summed E-state index contributed by atoms with van der Waals surface area (Å²) in [4.78, 5) is 0. The van der Waals surface area contributed by atoms with Crippen molar-refractivity contribution in [1.82, 2.24) is 0 Å². The Bertz CT molecular complexity index is 2240. The Morgan fingerprint density at radius 1 is 0.453 bits per heavy atom. The van der Waals surface area contributed by atoms with Crippen molar-refractivity contribution in [2.24, 2.45) is 0 Å². The van der Waals surface area contributed by atoms with Crippen LogP contribution in [0.5, 0.6) is 0 Å². The monoisotopic (exact) mass is 846 g/mol. The second kappa shape index (κ2) is 16.9. The maximum Gasteiger partial charge on any atom is 4.00 e. The number of hydrogen-bond donors (Lipinski definition) is 0. The number of aryl methyl sites for hydroxylation is 2. The molecule has 0 saturated heterocycles. The largest absolute Gasteiger partial charge is 4.00 e. The van der Waals surface area contributed by atoms with Crippen molar-refractivity contribution in [2.45, 2.75) is 53.1 Å². The predicted octanol–water partition coefficient (Wildman–Crippen LogP) is 6.68. The molecule has 0 unspecified atom stereocenters. The summed E-state index contributed by atoms with van der Waals surface area (Å²) in [6.45, 7) is 18.3. The Morgan fingerprint density at radius 3 is 1.11 bits per heavy atom. The molecule has 0 atom stereocenters. The fourth-order valence-electron chi connectivity index (χ4n) is 6.74. The molecule has 0 aliphatic heterocycles. The summed E-state index contributed by atoms with van der Waals surface area (Å²) in [5, 5.41) is 8.08. The van der Waals surface area contributed by atoms with Gasteiger partial charge in [-0.25, -0.2) is 0 Å². The first-order chi connectivity index (χ1) is 23.8. The molecule has 8 aromatic rings. The molecule has 0 N–H and O–H groups in total. The zero-order valence-electron chi connectivity index (χ0n) is 31.8. The Morgan fingerprint density at radius 2 is 0.811 bits per heavy atom. The maximum atomic E-state index is 5.80. The molecule has 2 heterocycles. The molecule has 0 bridgehead atoms. The Kier molecular flexibility index (Phi) is 13.5. The van der Waals surface area contributed by atoms with Crippen LogP contribution in [0.4, 0.5) is 0 Å². The van der Waals surface area contributed by atoms with E-state index >= 15 is 0 Å². The van der Waals surface area contributed by atoms with Gasteiger partial charge < -0.3 is 33.6 Å². The molecule has 0 fully saturated rings. The Balaban J connectivity index is 0.000000224. The van der Waals surface area contributed by atoms with E-state index in [0.717, 1.165) is 34.2 Å². The molecule has 0 aliphatic carbocycles. The number of fused-ring (bicyclic) bond motifs is 2. The number of furan rings is 2. The van der Waals surface area contributed by atoms with Gasteiger partial charge in [0.1, 0.15) is 0 Å². The van der Waals surface area contributed by atoms with Crippen LogP contribution < -0.4 is 35.2 Å². The van der Waals surface area contributed by atoms with Crippen LogP contribution in [0.2, 0.25) is 39.3 Å². The van der Waals surface area contributed by atoms with Gasteiger partial charge in [0.25, 0.3) is 0 Å². The van der Waals surface area contributed by atoms with E-state index in [-0.39, 0.29) is 51.0 Å².